The molecule has 1 saturated heterocycles. The van der Waals surface area contributed by atoms with E-state index in [0.717, 1.165) is 13.0 Å². The molecule has 5 nitrogen and oxygen atoms in total. The highest BCUT2D eigenvalue weighted by molar-refractivity contribution is 5.82. The van der Waals surface area contributed by atoms with Crippen molar-refractivity contribution in [2.24, 2.45) is 10.8 Å². The molecule has 1 aliphatic heterocycles. The molecule has 0 aromatic heterocycles. The SMILES string of the molecule is CNC(=O)C1(C)CCN(CC(C)(C)C(=O)O)C1. The van der Waals surface area contributed by atoms with Gasteiger partial charge in [0.05, 0.1) is 10.8 Å². The van der Waals surface area contributed by atoms with E-state index >= 15 is 0 Å². The van der Waals surface area contributed by atoms with E-state index in [0.29, 0.717) is 13.1 Å². The summed E-state index contributed by atoms with van der Waals surface area (Å²) in [6, 6.07) is 0. The summed E-state index contributed by atoms with van der Waals surface area (Å²) in [4.78, 5) is 24.8. The number of carbonyl (C=O) groups is 2. The summed E-state index contributed by atoms with van der Waals surface area (Å²) in [5.41, 5.74) is -1.16. The summed E-state index contributed by atoms with van der Waals surface area (Å²) in [6.45, 7) is 7.24. The van der Waals surface area contributed by atoms with Crippen LogP contribution in [0.15, 0.2) is 0 Å². The van der Waals surface area contributed by atoms with Crippen LogP contribution in [0.4, 0.5) is 0 Å². The molecule has 0 aromatic carbocycles. The van der Waals surface area contributed by atoms with E-state index in [1.54, 1.807) is 20.9 Å². The molecule has 1 fully saturated rings. The Hall–Kier alpha value is -1.10. The van der Waals surface area contributed by atoms with Crippen LogP contribution in [0.5, 0.6) is 0 Å². The summed E-state index contributed by atoms with van der Waals surface area (Å²) < 4.78 is 0. The number of carboxylic acids is 1. The normalized spacial score (nSPS) is 25.9. The van der Waals surface area contributed by atoms with Gasteiger partial charge in [-0.05, 0) is 33.7 Å². The summed E-state index contributed by atoms with van der Waals surface area (Å²) in [6.07, 6.45) is 0.780. The second kappa shape index (κ2) is 4.64. The topological polar surface area (TPSA) is 69.6 Å². The molecule has 1 atom stereocenters. The van der Waals surface area contributed by atoms with Crippen LogP contribution in [0.3, 0.4) is 0 Å². The zero-order valence-corrected chi connectivity index (χ0v) is 11.0. The average molecular weight is 242 g/mol. The predicted octanol–water partition coefficient (Wildman–Crippen LogP) is 0.555. The summed E-state index contributed by atoms with van der Waals surface area (Å²) in [7, 11) is 1.64. The first-order valence-corrected chi connectivity index (χ1v) is 5.89. The first-order chi connectivity index (χ1) is 7.71. The molecule has 1 aliphatic rings. The molecule has 1 amide bonds. The van der Waals surface area contributed by atoms with E-state index < -0.39 is 11.4 Å². The maximum Gasteiger partial charge on any atom is 0.310 e. The highest BCUT2D eigenvalue weighted by atomic mass is 16.4. The highest BCUT2D eigenvalue weighted by Crippen LogP contribution is 2.32. The van der Waals surface area contributed by atoms with Gasteiger partial charge in [0.2, 0.25) is 5.91 Å². The van der Waals surface area contributed by atoms with Gasteiger partial charge in [-0.2, -0.15) is 0 Å². The molecule has 0 aliphatic carbocycles. The maximum absolute atomic E-state index is 11.7. The molecule has 98 valence electrons. The Morgan fingerprint density at radius 2 is 2.06 bits per heavy atom. The second-order valence-corrected chi connectivity index (χ2v) is 5.79. The van der Waals surface area contributed by atoms with E-state index in [-0.39, 0.29) is 11.3 Å². The van der Waals surface area contributed by atoms with Gasteiger partial charge in [-0.15, -0.1) is 0 Å². The lowest BCUT2D eigenvalue weighted by molar-refractivity contribution is -0.147. The number of likely N-dealkylation sites (tertiary alicyclic amines) is 1. The number of rotatable bonds is 4. The van der Waals surface area contributed by atoms with Crippen LogP contribution in [-0.4, -0.2) is 48.6 Å². The van der Waals surface area contributed by atoms with Crippen LogP contribution >= 0.6 is 0 Å². The first-order valence-electron chi connectivity index (χ1n) is 5.89. The van der Waals surface area contributed by atoms with Gasteiger partial charge in [0.15, 0.2) is 0 Å². The van der Waals surface area contributed by atoms with Crippen molar-refractivity contribution < 1.29 is 14.7 Å². The fourth-order valence-electron chi connectivity index (χ4n) is 2.31. The van der Waals surface area contributed by atoms with Gasteiger partial charge >= 0.3 is 5.97 Å². The number of amides is 1. The number of hydrogen-bond donors (Lipinski definition) is 2. The minimum absolute atomic E-state index is 0.0353. The molecule has 1 heterocycles. The van der Waals surface area contributed by atoms with Crippen molar-refractivity contribution in [2.45, 2.75) is 27.2 Å². The third-order valence-electron chi connectivity index (χ3n) is 3.53. The molecular formula is C12H22N2O3. The highest BCUT2D eigenvalue weighted by Gasteiger charge is 2.42. The van der Waals surface area contributed by atoms with E-state index in [9.17, 15) is 9.59 Å². The van der Waals surface area contributed by atoms with E-state index in [1.807, 2.05) is 6.92 Å². The monoisotopic (exact) mass is 242 g/mol. The lowest BCUT2D eigenvalue weighted by Gasteiger charge is -2.28. The van der Waals surface area contributed by atoms with Crippen LogP contribution in [-0.2, 0) is 9.59 Å². The van der Waals surface area contributed by atoms with Gasteiger partial charge in [0.25, 0.3) is 0 Å². The summed E-state index contributed by atoms with van der Waals surface area (Å²) in [5, 5.41) is 11.8. The Kier molecular flexibility index (Phi) is 3.81. The Morgan fingerprint density at radius 3 is 2.53 bits per heavy atom. The van der Waals surface area contributed by atoms with Crippen LogP contribution in [0.1, 0.15) is 27.2 Å². The summed E-state index contributed by atoms with van der Waals surface area (Å²) in [5.74, 6) is -0.765. The molecule has 0 bridgehead atoms. The molecule has 5 heteroatoms. The molecule has 0 radical (unpaired) electrons. The largest absolute Gasteiger partial charge is 0.481 e. The van der Waals surface area contributed by atoms with Crippen molar-refractivity contribution in [3.8, 4) is 0 Å². The van der Waals surface area contributed by atoms with Crippen molar-refractivity contribution in [1.82, 2.24) is 10.2 Å². The van der Waals surface area contributed by atoms with Crippen molar-refractivity contribution >= 4 is 11.9 Å². The standard InChI is InChI=1S/C12H22N2O3/c1-11(2,10(16)17)7-14-6-5-12(3,8-14)9(15)13-4/h5-8H2,1-4H3,(H,13,15)(H,16,17). The molecule has 1 rings (SSSR count). The average Bonchev–Trinajstić information content (AvgIpc) is 2.59. The zero-order chi connectivity index (χ0) is 13.3. The van der Waals surface area contributed by atoms with E-state index in [1.165, 1.54) is 0 Å². The first kappa shape index (κ1) is 14.0. The molecular weight excluding hydrogens is 220 g/mol. The third kappa shape index (κ3) is 2.97. The van der Waals surface area contributed by atoms with Gasteiger partial charge in [-0.25, -0.2) is 0 Å². The van der Waals surface area contributed by atoms with Crippen molar-refractivity contribution in [3.05, 3.63) is 0 Å². The van der Waals surface area contributed by atoms with Crippen LogP contribution in [0.25, 0.3) is 0 Å². The van der Waals surface area contributed by atoms with Gasteiger partial charge in [-0.1, -0.05) is 0 Å². The van der Waals surface area contributed by atoms with E-state index in [4.69, 9.17) is 5.11 Å². The zero-order valence-electron chi connectivity index (χ0n) is 11.0. The molecule has 1 unspecified atom stereocenters. The Morgan fingerprint density at radius 1 is 1.47 bits per heavy atom. The van der Waals surface area contributed by atoms with Crippen molar-refractivity contribution in [1.29, 1.82) is 0 Å². The number of nitrogens with zero attached hydrogens (tertiary/aromatic N) is 1. The quantitative estimate of drug-likeness (QED) is 0.755. The second-order valence-electron chi connectivity index (χ2n) is 5.79. The molecule has 0 spiro atoms. The number of hydrogen-bond acceptors (Lipinski definition) is 3. The fraction of sp³-hybridized carbons (Fsp3) is 0.833. The maximum atomic E-state index is 11.7. The number of nitrogens with one attached hydrogen (secondary N) is 1. The number of carboxylic acid groups (broad SMARTS) is 1. The van der Waals surface area contributed by atoms with Crippen molar-refractivity contribution in [2.75, 3.05) is 26.7 Å². The Bertz CT molecular complexity index is 328. The van der Waals surface area contributed by atoms with E-state index in [2.05, 4.69) is 10.2 Å². The molecule has 2 N–H and O–H groups in total. The fourth-order valence-corrected chi connectivity index (χ4v) is 2.31. The van der Waals surface area contributed by atoms with Gasteiger partial charge < -0.3 is 15.3 Å². The number of aliphatic carboxylic acids is 1. The van der Waals surface area contributed by atoms with Crippen LogP contribution in [0, 0.1) is 10.8 Å². The lowest BCUT2D eigenvalue weighted by atomic mass is 9.88. The Balaban J connectivity index is 2.63. The minimum atomic E-state index is -0.800. The minimum Gasteiger partial charge on any atom is -0.481 e. The van der Waals surface area contributed by atoms with Gasteiger partial charge in [-0.3, -0.25) is 9.59 Å². The molecule has 17 heavy (non-hydrogen) atoms. The lowest BCUT2D eigenvalue weighted by Crippen LogP contribution is -2.42. The smallest absolute Gasteiger partial charge is 0.310 e. The Labute approximate surface area is 102 Å². The third-order valence-corrected chi connectivity index (χ3v) is 3.53. The predicted molar refractivity (Wildman–Crippen MR) is 64.6 cm³/mol. The van der Waals surface area contributed by atoms with Crippen LogP contribution < -0.4 is 5.32 Å². The van der Waals surface area contributed by atoms with Crippen LogP contribution in [0.2, 0.25) is 0 Å². The molecule has 0 saturated carbocycles. The molecule has 0 aromatic rings. The summed E-state index contributed by atoms with van der Waals surface area (Å²) >= 11 is 0. The number of carbonyl (C=O) groups excluding carboxylic acids is 1. The van der Waals surface area contributed by atoms with Gasteiger partial charge in [0, 0.05) is 20.1 Å². The van der Waals surface area contributed by atoms with Gasteiger partial charge in [0.1, 0.15) is 0 Å². The van der Waals surface area contributed by atoms with Crippen molar-refractivity contribution in [3.63, 3.8) is 0 Å².